The van der Waals surface area contributed by atoms with Crippen LogP contribution in [0.1, 0.15) is 22.3 Å². The number of anilines is 1. The topological polar surface area (TPSA) is 73.9 Å². The third kappa shape index (κ3) is 4.50. The maximum atomic E-state index is 12.0. The first-order valence-corrected chi connectivity index (χ1v) is 8.05. The van der Waals surface area contributed by atoms with Crippen LogP contribution in [0.5, 0.6) is 11.5 Å². The number of hydrogen-bond acceptors (Lipinski definition) is 5. The average Bonchev–Trinajstić information content (AvgIpc) is 2.85. The van der Waals surface area contributed by atoms with Crippen molar-refractivity contribution in [2.24, 2.45) is 0 Å². The molecule has 0 radical (unpaired) electrons. The van der Waals surface area contributed by atoms with Gasteiger partial charge < -0.3 is 19.5 Å². The van der Waals surface area contributed by atoms with Gasteiger partial charge in [-0.25, -0.2) is 4.79 Å². The molecule has 130 valence electrons. The minimum atomic E-state index is -0.534. The molecule has 6 heteroatoms. The average molecular weight is 341 g/mol. The molecule has 1 N–H and O–H groups in total. The highest BCUT2D eigenvalue weighted by Crippen LogP contribution is 2.32. The van der Waals surface area contributed by atoms with E-state index in [0.717, 1.165) is 12.0 Å². The van der Waals surface area contributed by atoms with Crippen LogP contribution in [0, 0.1) is 6.92 Å². The van der Waals surface area contributed by atoms with Crippen LogP contribution in [0.3, 0.4) is 0 Å². The molecular weight excluding hydrogens is 322 g/mol. The molecule has 0 unspecified atom stereocenters. The molecule has 0 atom stereocenters. The van der Waals surface area contributed by atoms with Gasteiger partial charge in [-0.1, -0.05) is 17.7 Å². The number of carbonyl (C=O) groups excluding carboxylic acids is 2. The van der Waals surface area contributed by atoms with Gasteiger partial charge in [-0.2, -0.15) is 0 Å². The molecule has 6 nitrogen and oxygen atoms in total. The van der Waals surface area contributed by atoms with Gasteiger partial charge in [0.15, 0.2) is 18.1 Å². The van der Waals surface area contributed by atoms with Crippen molar-refractivity contribution in [1.82, 2.24) is 0 Å². The molecule has 25 heavy (non-hydrogen) atoms. The maximum absolute atomic E-state index is 12.0. The second-order valence-electron chi connectivity index (χ2n) is 5.70. The van der Waals surface area contributed by atoms with Gasteiger partial charge in [0.05, 0.1) is 18.8 Å². The minimum Gasteiger partial charge on any atom is -0.490 e. The van der Waals surface area contributed by atoms with Crippen LogP contribution in [-0.2, 0) is 9.53 Å². The first kappa shape index (κ1) is 16.8. The number of amides is 1. The number of nitrogens with one attached hydrogen (secondary N) is 1. The van der Waals surface area contributed by atoms with E-state index in [0.29, 0.717) is 36.0 Å². The lowest BCUT2D eigenvalue weighted by Crippen LogP contribution is -2.21. The Morgan fingerprint density at radius 3 is 2.52 bits per heavy atom. The van der Waals surface area contributed by atoms with Crippen molar-refractivity contribution in [1.29, 1.82) is 0 Å². The number of aryl methyl sites for hydroxylation is 1. The minimum absolute atomic E-state index is 0.360. The largest absolute Gasteiger partial charge is 0.490 e. The number of benzene rings is 2. The summed E-state index contributed by atoms with van der Waals surface area (Å²) in [6, 6.07) is 12.1. The van der Waals surface area contributed by atoms with E-state index in [1.54, 1.807) is 30.3 Å². The number of rotatable bonds is 4. The van der Waals surface area contributed by atoms with Crippen LogP contribution in [0.4, 0.5) is 5.69 Å². The zero-order valence-corrected chi connectivity index (χ0v) is 13.9. The predicted octanol–water partition coefficient (Wildman–Crippen LogP) is 2.95. The summed E-state index contributed by atoms with van der Waals surface area (Å²) in [5.74, 6) is 0.289. The fourth-order valence-corrected chi connectivity index (χ4v) is 2.34. The first-order chi connectivity index (χ1) is 12.1. The Morgan fingerprint density at radius 2 is 1.76 bits per heavy atom. The van der Waals surface area contributed by atoms with Crippen LogP contribution in [-0.4, -0.2) is 31.7 Å². The predicted molar refractivity (Wildman–Crippen MR) is 92.1 cm³/mol. The standard InChI is InChI=1S/C19H19NO5/c1-13-3-5-14(6-4-13)19(22)25-12-18(21)20-15-7-8-16-17(11-15)24-10-2-9-23-16/h3-8,11H,2,9-10,12H2,1H3,(H,20,21). The van der Waals surface area contributed by atoms with E-state index in [1.807, 2.05) is 19.1 Å². The number of ether oxygens (including phenoxy) is 3. The number of carbonyl (C=O) groups is 2. The highest BCUT2D eigenvalue weighted by atomic mass is 16.5. The van der Waals surface area contributed by atoms with Crippen LogP contribution < -0.4 is 14.8 Å². The normalized spacial score (nSPS) is 12.8. The van der Waals surface area contributed by atoms with Crippen molar-refractivity contribution in [3.63, 3.8) is 0 Å². The van der Waals surface area contributed by atoms with Gasteiger partial charge in [-0.3, -0.25) is 4.79 Å². The Labute approximate surface area is 145 Å². The van der Waals surface area contributed by atoms with E-state index in [-0.39, 0.29) is 6.61 Å². The molecule has 0 aliphatic carbocycles. The summed E-state index contributed by atoms with van der Waals surface area (Å²) in [5.41, 5.74) is 2.01. The van der Waals surface area contributed by atoms with Gasteiger partial charge in [-0.15, -0.1) is 0 Å². The van der Waals surface area contributed by atoms with Gasteiger partial charge in [-0.05, 0) is 31.2 Å². The summed E-state index contributed by atoms with van der Waals surface area (Å²) < 4.78 is 16.1. The van der Waals surface area contributed by atoms with Crippen molar-refractivity contribution in [3.8, 4) is 11.5 Å². The third-order valence-electron chi connectivity index (χ3n) is 3.65. The maximum Gasteiger partial charge on any atom is 0.338 e. The summed E-state index contributed by atoms with van der Waals surface area (Å²) in [5, 5.41) is 2.68. The van der Waals surface area contributed by atoms with Gasteiger partial charge in [0.25, 0.3) is 5.91 Å². The third-order valence-corrected chi connectivity index (χ3v) is 3.65. The van der Waals surface area contributed by atoms with Gasteiger partial charge >= 0.3 is 5.97 Å². The lowest BCUT2D eigenvalue weighted by Gasteiger charge is -2.10. The molecule has 1 amide bonds. The Kier molecular flexibility index (Phi) is 5.18. The van der Waals surface area contributed by atoms with Crippen LogP contribution >= 0.6 is 0 Å². The number of esters is 1. The highest BCUT2D eigenvalue weighted by molar-refractivity contribution is 5.95. The summed E-state index contributed by atoms with van der Waals surface area (Å²) in [4.78, 5) is 23.9. The van der Waals surface area contributed by atoms with Gasteiger partial charge in [0.1, 0.15) is 0 Å². The van der Waals surface area contributed by atoms with Crippen LogP contribution in [0.25, 0.3) is 0 Å². The SMILES string of the molecule is Cc1ccc(C(=O)OCC(=O)Nc2ccc3c(c2)OCCCO3)cc1. The Hall–Kier alpha value is -3.02. The Morgan fingerprint density at radius 1 is 1.04 bits per heavy atom. The van der Waals surface area contributed by atoms with E-state index in [9.17, 15) is 9.59 Å². The van der Waals surface area contributed by atoms with Crippen LogP contribution in [0.2, 0.25) is 0 Å². The van der Waals surface area contributed by atoms with E-state index in [2.05, 4.69) is 5.32 Å². The molecule has 0 saturated heterocycles. The molecule has 0 fully saturated rings. The highest BCUT2D eigenvalue weighted by Gasteiger charge is 2.13. The summed E-state index contributed by atoms with van der Waals surface area (Å²) >= 11 is 0. The number of hydrogen-bond donors (Lipinski definition) is 1. The molecule has 2 aromatic carbocycles. The molecule has 2 aromatic rings. The van der Waals surface area contributed by atoms with Gasteiger partial charge in [0.2, 0.25) is 0 Å². The molecule has 0 bridgehead atoms. The van der Waals surface area contributed by atoms with Crippen molar-refractivity contribution in [3.05, 3.63) is 53.6 Å². The fourth-order valence-electron chi connectivity index (χ4n) is 2.34. The monoisotopic (exact) mass is 341 g/mol. The lowest BCUT2D eigenvalue weighted by molar-refractivity contribution is -0.119. The molecule has 1 aliphatic rings. The molecule has 1 heterocycles. The smallest absolute Gasteiger partial charge is 0.338 e. The summed E-state index contributed by atoms with van der Waals surface area (Å²) in [6.07, 6.45) is 0.811. The molecule has 3 rings (SSSR count). The molecule has 0 aromatic heterocycles. The molecule has 0 spiro atoms. The van der Waals surface area contributed by atoms with Crippen molar-refractivity contribution < 1.29 is 23.8 Å². The molecular formula is C19H19NO5. The second-order valence-corrected chi connectivity index (χ2v) is 5.70. The summed E-state index contributed by atoms with van der Waals surface area (Å²) in [7, 11) is 0. The van der Waals surface area contributed by atoms with Crippen molar-refractivity contribution >= 4 is 17.6 Å². The lowest BCUT2D eigenvalue weighted by atomic mass is 10.1. The zero-order valence-electron chi connectivity index (χ0n) is 13.9. The Bertz CT molecular complexity index is 770. The van der Waals surface area contributed by atoms with Crippen molar-refractivity contribution in [2.45, 2.75) is 13.3 Å². The number of fused-ring (bicyclic) bond motifs is 1. The van der Waals surface area contributed by atoms with Crippen LogP contribution in [0.15, 0.2) is 42.5 Å². The van der Waals surface area contributed by atoms with E-state index >= 15 is 0 Å². The zero-order chi connectivity index (χ0) is 17.6. The Balaban J connectivity index is 1.55. The van der Waals surface area contributed by atoms with E-state index < -0.39 is 11.9 Å². The fraction of sp³-hybridized carbons (Fsp3) is 0.263. The second kappa shape index (κ2) is 7.70. The summed E-state index contributed by atoms with van der Waals surface area (Å²) in [6.45, 7) is 2.74. The first-order valence-electron chi connectivity index (χ1n) is 8.05. The van der Waals surface area contributed by atoms with E-state index in [1.165, 1.54) is 0 Å². The van der Waals surface area contributed by atoms with E-state index in [4.69, 9.17) is 14.2 Å². The quantitative estimate of drug-likeness (QED) is 0.866. The molecule has 1 aliphatic heterocycles. The molecule has 0 saturated carbocycles. The van der Waals surface area contributed by atoms with Gasteiger partial charge in [0, 0.05) is 18.2 Å². The van der Waals surface area contributed by atoms with Crippen molar-refractivity contribution in [2.75, 3.05) is 25.1 Å².